The summed E-state index contributed by atoms with van der Waals surface area (Å²) in [7, 11) is -3.56. The molecule has 20 heavy (non-hydrogen) atoms. The van der Waals surface area contributed by atoms with E-state index in [0.717, 1.165) is 19.3 Å². The lowest BCUT2D eigenvalue weighted by Gasteiger charge is -2.16. The Labute approximate surface area is 119 Å². The molecule has 6 heteroatoms. The number of rotatable bonds is 8. The van der Waals surface area contributed by atoms with E-state index in [0.29, 0.717) is 6.42 Å². The lowest BCUT2D eigenvalue weighted by atomic mass is 10.1. The number of carbonyl (C=O) groups excluding carboxylic acids is 1. The monoisotopic (exact) mass is 299 g/mol. The first-order valence-corrected chi connectivity index (χ1v) is 8.29. The predicted octanol–water partition coefficient (Wildman–Crippen LogP) is 2.30. The van der Waals surface area contributed by atoms with Crippen LogP contribution in [0.5, 0.6) is 0 Å². The maximum Gasteiger partial charge on any atom is 0.244 e. The van der Waals surface area contributed by atoms with Crippen molar-refractivity contribution in [3.05, 3.63) is 30.3 Å². The van der Waals surface area contributed by atoms with Gasteiger partial charge in [-0.15, -0.1) is 0 Å². The second-order valence-corrected chi connectivity index (χ2v) is 6.94. The molecule has 0 saturated heterocycles. The Bertz CT molecular complexity index is 513. The summed E-state index contributed by atoms with van der Waals surface area (Å²) >= 11 is 0. The molecule has 5 nitrogen and oxygen atoms in total. The number of benzene rings is 1. The Morgan fingerprint density at radius 2 is 1.90 bits per heavy atom. The maximum absolute atomic E-state index is 12.5. The van der Waals surface area contributed by atoms with Crippen LogP contribution in [-0.2, 0) is 14.6 Å². The zero-order valence-corrected chi connectivity index (χ0v) is 12.4. The zero-order chi connectivity index (χ0) is 15.0. The molecular formula is C14H21NO4S. The summed E-state index contributed by atoms with van der Waals surface area (Å²) in [6.07, 6.45) is 2.83. The first kappa shape index (κ1) is 16.7. The van der Waals surface area contributed by atoms with E-state index in [1.807, 2.05) is 6.92 Å². The smallest absolute Gasteiger partial charge is 0.244 e. The molecule has 1 aromatic rings. The van der Waals surface area contributed by atoms with Gasteiger partial charge in [-0.05, 0) is 18.6 Å². The molecular weight excluding hydrogens is 278 g/mol. The van der Waals surface area contributed by atoms with Gasteiger partial charge in [0, 0.05) is 6.42 Å². The highest BCUT2D eigenvalue weighted by Gasteiger charge is 2.29. The minimum Gasteiger partial charge on any atom is -0.289 e. The Hall–Kier alpha value is -1.40. The van der Waals surface area contributed by atoms with Crippen molar-refractivity contribution in [1.82, 2.24) is 5.48 Å². The van der Waals surface area contributed by atoms with Crippen LogP contribution >= 0.6 is 0 Å². The van der Waals surface area contributed by atoms with E-state index in [1.54, 1.807) is 18.2 Å². The van der Waals surface area contributed by atoms with Gasteiger partial charge in [0.1, 0.15) is 0 Å². The molecule has 0 bridgehead atoms. The molecule has 0 fully saturated rings. The Kier molecular flexibility index (Phi) is 6.67. The lowest BCUT2D eigenvalue weighted by Crippen LogP contribution is -2.30. The highest BCUT2D eigenvalue weighted by Crippen LogP contribution is 2.22. The predicted molar refractivity (Wildman–Crippen MR) is 76.1 cm³/mol. The Morgan fingerprint density at radius 1 is 1.25 bits per heavy atom. The van der Waals surface area contributed by atoms with Crippen LogP contribution in [0.15, 0.2) is 35.2 Å². The number of nitrogens with one attached hydrogen (secondary N) is 1. The number of hydrogen-bond acceptors (Lipinski definition) is 4. The Morgan fingerprint density at radius 3 is 2.45 bits per heavy atom. The van der Waals surface area contributed by atoms with Crippen LogP contribution in [0, 0.1) is 0 Å². The van der Waals surface area contributed by atoms with Crippen LogP contribution in [0.3, 0.4) is 0 Å². The summed E-state index contributed by atoms with van der Waals surface area (Å²) in [5.74, 6) is -0.675. The molecule has 0 aliphatic carbocycles. The fraction of sp³-hybridized carbons (Fsp3) is 0.500. The minimum atomic E-state index is -3.56. The molecule has 0 aliphatic rings. The molecule has 0 spiro atoms. The van der Waals surface area contributed by atoms with E-state index in [2.05, 4.69) is 0 Å². The fourth-order valence-electron chi connectivity index (χ4n) is 2.04. The quantitative estimate of drug-likeness (QED) is 0.438. The van der Waals surface area contributed by atoms with Gasteiger partial charge < -0.3 is 0 Å². The van der Waals surface area contributed by atoms with Crippen molar-refractivity contribution in [2.24, 2.45) is 0 Å². The molecule has 0 aliphatic heterocycles. The summed E-state index contributed by atoms with van der Waals surface area (Å²) in [4.78, 5) is 11.5. The van der Waals surface area contributed by atoms with Crippen molar-refractivity contribution in [2.75, 3.05) is 0 Å². The van der Waals surface area contributed by atoms with E-state index < -0.39 is 21.0 Å². The van der Waals surface area contributed by atoms with Crippen molar-refractivity contribution in [1.29, 1.82) is 0 Å². The molecule has 1 atom stereocenters. The summed E-state index contributed by atoms with van der Waals surface area (Å²) in [5.41, 5.74) is 1.51. The van der Waals surface area contributed by atoms with Gasteiger partial charge in [-0.2, -0.15) is 0 Å². The molecule has 1 amide bonds. The summed E-state index contributed by atoms with van der Waals surface area (Å²) < 4.78 is 25.0. The molecule has 1 rings (SSSR count). The average Bonchev–Trinajstić information content (AvgIpc) is 2.47. The zero-order valence-electron chi connectivity index (χ0n) is 11.6. The third-order valence-electron chi connectivity index (χ3n) is 3.18. The van der Waals surface area contributed by atoms with Crippen molar-refractivity contribution >= 4 is 15.7 Å². The maximum atomic E-state index is 12.5. The standard InChI is InChI=1S/C14H21NO4S/c1-2-3-5-10-13(11-14(16)15-17)20(18,19)12-8-6-4-7-9-12/h4,6-9,13,17H,2-3,5,10-11H2,1H3,(H,15,16). The van der Waals surface area contributed by atoms with Gasteiger partial charge in [-0.25, -0.2) is 13.9 Å². The molecule has 1 aromatic carbocycles. The highest BCUT2D eigenvalue weighted by atomic mass is 32.2. The van der Waals surface area contributed by atoms with Gasteiger partial charge in [0.25, 0.3) is 0 Å². The summed E-state index contributed by atoms with van der Waals surface area (Å²) in [5, 5.41) is 7.79. The third kappa shape index (κ3) is 4.61. The molecule has 112 valence electrons. The number of hydroxylamine groups is 1. The molecule has 0 saturated carbocycles. The van der Waals surface area contributed by atoms with E-state index in [9.17, 15) is 13.2 Å². The van der Waals surface area contributed by atoms with Gasteiger partial charge in [-0.1, -0.05) is 44.4 Å². The average molecular weight is 299 g/mol. The topological polar surface area (TPSA) is 83.5 Å². The molecule has 1 unspecified atom stereocenters. The van der Waals surface area contributed by atoms with Gasteiger partial charge in [0.15, 0.2) is 9.84 Å². The van der Waals surface area contributed by atoms with Crippen LogP contribution in [0.4, 0.5) is 0 Å². The second kappa shape index (κ2) is 8.01. The van der Waals surface area contributed by atoms with E-state index in [1.165, 1.54) is 17.6 Å². The van der Waals surface area contributed by atoms with E-state index in [4.69, 9.17) is 5.21 Å². The number of unbranched alkanes of at least 4 members (excludes halogenated alkanes) is 2. The second-order valence-electron chi connectivity index (χ2n) is 4.71. The fourth-order valence-corrected chi connectivity index (χ4v) is 3.81. The lowest BCUT2D eigenvalue weighted by molar-refractivity contribution is -0.129. The summed E-state index contributed by atoms with van der Waals surface area (Å²) in [6.45, 7) is 2.03. The SMILES string of the molecule is CCCCCC(CC(=O)NO)S(=O)(=O)c1ccccc1. The number of carbonyl (C=O) groups is 1. The van der Waals surface area contributed by atoms with Crippen LogP contribution < -0.4 is 5.48 Å². The van der Waals surface area contributed by atoms with Crippen molar-refractivity contribution in [2.45, 2.75) is 49.2 Å². The van der Waals surface area contributed by atoms with Gasteiger partial charge in [0.2, 0.25) is 5.91 Å². The van der Waals surface area contributed by atoms with Gasteiger partial charge in [0.05, 0.1) is 10.1 Å². The number of amides is 1. The first-order chi connectivity index (χ1) is 9.52. The van der Waals surface area contributed by atoms with Crippen LogP contribution in [0.25, 0.3) is 0 Å². The van der Waals surface area contributed by atoms with E-state index >= 15 is 0 Å². The van der Waals surface area contributed by atoms with Crippen LogP contribution in [0.2, 0.25) is 0 Å². The van der Waals surface area contributed by atoms with Crippen LogP contribution in [-0.4, -0.2) is 24.8 Å². The van der Waals surface area contributed by atoms with Gasteiger partial charge >= 0.3 is 0 Å². The Balaban J connectivity index is 2.93. The van der Waals surface area contributed by atoms with Crippen molar-refractivity contribution in [3.8, 4) is 0 Å². The first-order valence-electron chi connectivity index (χ1n) is 6.74. The van der Waals surface area contributed by atoms with Crippen molar-refractivity contribution < 1.29 is 18.4 Å². The normalized spacial score (nSPS) is 12.9. The summed E-state index contributed by atoms with van der Waals surface area (Å²) in [6, 6.07) is 8.10. The van der Waals surface area contributed by atoms with E-state index in [-0.39, 0.29) is 11.3 Å². The van der Waals surface area contributed by atoms with Crippen LogP contribution in [0.1, 0.15) is 39.0 Å². The highest BCUT2D eigenvalue weighted by molar-refractivity contribution is 7.92. The van der Waals surface area contributed by atoms with Gasteiger partial charge in [-0.3, -0.25) is 10.0 Å². The number of sulfone groups is 1. The molecule has 0 radical (unpaired) electrons. The number of hydrogen-bond donors (Lipinski definition) is 2. The molecule has 0 heterocycles. The molecule has 0 aromatic heterocycles. The third-order valence-corrected chi connectivity index (χ3v) is 5.39. The largest absolute Gasteiger partial charge is 0.289 e. The minimum absolute atomic E-state index is 0.215. The molecule has 2 N–H and O–H groups in total. The van der Waals surface area contributed by atoms with Crippen molar-refractivity contribution in [3.63, 3.8) is 0 Å².